The standard InChI is InChI=1S/C19H22ClN3O3/c1-13(18(24)22-16-7-3-4-8-16)26-19(25)15-10-21-23(12-15)11-14-6-2-5-9-17(14)20/h2,5-6,9-10,12-13,16H,3-4,7-8,11H2,1H3,(H,22,24). The van der Waals surface area contributed by atoms with Crippen molar-refractivity contribution < 1.29 is 14.3 Å². The van der Waals surface area contributed by atoms with Crippen molar-refractivity contribution in [1.29, 1.82) is 0 Å². The van der Waals surface area contributed by atoms with Gasteiger partial charge in [-0.05, 0) is 31.4 Å². The Morgan fingerprint density at radius 1 is 1.35 bits per heavy atom. The molecule has 1 unspecified atom stereocenters. The molecule has 3 rings (SSSR count). The number of amides is 1. The van der Waals surface area contributed by atoms with Crippen LogP contribution in [0.15, 0.2) is 36.7 Å². The number of carbonyl (C=O) groups is 2. The van der Waals surface area contributed by atoms with Gasteiger partial charge in [0.25, 0.3) is 5.91 Å². The van der Waals surface area contributed by atoms with Crippen LogP contribution >= 0.6 is 11.6 Å². The van der Waals surface area contributed by atoms with E-state index in [-0.39, 0.29) is 11.9 Å². The van der Waals surface area contributed by atoms with E-state index in [1.165, 1.54) is 6.20 Å². The van der Waals surface area contributed by atoms with Gasteiger partial charge in [-0.2, -0.15) is 5.10 Å². The zero-order valence-electron chi connectivity index (χ0n) is 14.7. The Morgan fingerprint density at radius 3 is 2.81 bits per heavy atom. The van der Waals surface area contributed by atoms with E-state index < -0.39 is 12.1 Å². The molecule has 1 amide bonds. The fourth-order valence-electron chi connectivity index (χ4n) is 3.03. The highest BCUT2D eigenvalue weighted by Crippen LogP contribution is 2.18. The molecule has 6 nitrogen and oxygen atoms in total. The van der Waals surface area contributed by atoms with Gasteiger partial charge in [0.2, 0.25) is 0 Å². The lowest BCUT2D eigenvalue weighted by Crippen LogP contribution is -2.40. The summed E-state index contributed by atoms with van der Waals surface area (Å²) < 4.78 is 6.88. The van der Waals surface area contributed by atoms with Crippen LogP contribution in [-0.2, 0) is 16.1 Å². The van der Waals surface area contributed by atoms with Crippen LogP contribution in [0.3, 0.4) is 0 Å². The minimum Gasteiger partial charge on any atom is -0.449 e. The molecule has 1 heterocycles. The van der Waals surface area contributed by atoms with Gasteiger partial charge in [0, 0.05) is 17.3 Å². The Bertz CT molecular complexity index is 784. The zero-order valence-corrected chi connectivity index (χ0v) is 15.4. The topological polar surface area (TPSA) is 73.2 Å². The molecule has 0 saturated heterocycles. The molecule has 26 heavy (non-hydrogen) atoms. The lowest BCUT2D eigenvalue weighted by atomic mass is 10.2. The number of benzene rings is 1. The fraction of sp³-hybridized carbons (Fsp3) is 0.421. The summed E-state index contributed by atoms with van der Waals surface area (Å²) in [5.41, 5.74) is 1.21. The summed E-state index contributed by atoms with van der Waals surface area (Å²) in [6.07, 6.45) is 6.42. The van der Waals surface area contributed by atoms with Gasteiger partial charge in [-0.1, -0.05) is 42.6 Å². The number of esters is 1. The van der Waals surface area contributed by atoms with Crippen LogP contribution in [0, 0.1) is 0 Å². The molecule has 0 radical (unpaired) electrons. The molecule has 1 fully saturated rings. The molecule has 1 aromatic carbocycles. The van der Waals surface area contributed by atoms with Crippen molar-refractivity contribution in [2.45, 2.75) is 51.3 Å². The number of rotatable bonds is 6. The van der Waals surface area contributed by atoms with Gasteiger partial charge < -0.3 is 10.1 Å². The maximum Gasteiger partial charge on any atom is 0.342 e. The van der Waals surface area contributed by atoms with Gasteiger partial charge in [0.05, 0.1) is 18.3 Å². The van der Waals surface area contributed by atoms with Gasteiger partial charge in [0.1, 0.15) is 0 Å². The predicted molar refractivity (Wildman–Crippen MR) is 98.1 cm³/mol. The average molecular weight is 376 g/mol. The Balaban J connectivity index is 1.55. The summed E-state index contributed by atoms with van der Waals surface area (Å²) in [4.78, 5) is 24.4. The smallest absolute Gasteiger partial charge is 0.342 e. The molecule has 1 atom stereocenters. The molecule has 138 valence electrons. The maximum absolute atomic E-state index is 12.2. The van der Waals surface area contributed by atoms with Crippen LogP contribution in [0.2, 0.25) is 5.02 Å². The first kappa shape index (κ1) is 18.5. The van der Waals surface area contributed by atoms with Gasteiger partial charge >= 0.3 is 5.97 Å². The summed E-state index contributed by atoms with van der Waals surface area (Å²) >= 11 is 6.14. The lowest BCUT2D eigenvalue weighted by Gasteiger charge is -2.16. The predicted octanol–water partition coefficient (Wildman–Crippen LogP) is 3.19. The number of ether oxygens (including phenoxy) is 1. The van der Waals surface area contributed by atoms with Gasteiger partial charge in [-0.15, -0.1) is 0 Å². The summed E-state index contributed by atoms with van der Waals surface area (Å²) in [5.74, 6) is -0.821. The third kappa shape index (κ3) is 4.64. The van der Waals surface area contributed by atoms with Crippen LogP contribution in [-0.4, -0.2) is 33.8 Å². The average Bonchev–Trinajstić information content (AvgIpc) is 3.29. The highest BCUT2D eigenvalue weighted by molar-refractivity contribution is 6.31. The third-order valence-corrected chi connectivity index (χ3v) is 4.88. The number of hydrogen-bond acceptors (Lipinski definition) is 4. The van der Waals surface area contributed by atoms with E-state index in [4.69, 9.17) is 16.3 Å². The summed E-state index contributed by atoms with van der Waals surface area (Å²) in [6, 6.07) is 7.65. The van der Waals surface area contributed by atoms with Crippen molar-refractivity contribution in [3.05, 3.63) is 52.8 Å². The van der Waals surface area contributed by atoms with Crippen LogP contribution < -0.4 is 5.32 Å². The number of hydrogen-bond donors (Lipinski definition) is 1. The van der Waals surface area contributed by atoms with Crippen LogP contribution in [0.25, 0.3) is 0 Å². The largest absolute Gasteiger partial charge is 0.449 e. The second kappa shape index (κ2) is 8.36. The van der Waals surface area contributed by atoms with E-state index in [0.29, 0.717) is 17.1 Å². The second-order valence-corrected chi connectivity index (χ2v) is 6.96. The molecule has 0 aliphatic heterocycles. The number of halogens is 1. The number of carbonyl (C=O) groups excluding carboxylic acids is 2. The summed E-state index contributed by atoms with van der Waals surface area (Å²) in [5, 5.41) is 7.74. The van der Waals surface area contributed by atoms with E-state index in [2.05, 4.69) is 10.4 Å². The minimum atomic E-state index is -0.838. The first-order valence-corrected chi connectivity index (χ1v) is 9.18. The van der Waals surface area contributed by atoms with Crippen molar-refractivity contribution >= 4 is 23.5 Å². The normalized spacial score (nSPS) is 15.6. The molecule has 1 aliphatic carbocycles. The van der Waals surface area contributed by atoms with Crippen LogP contribution in [0.1, 0.15) is 48.5 Å². The van der Waals surface area contributed by atoms with Crippen LogP contribution in [0.4, 0.5) is 0 Å². The number of aromatic nitrogens is 2. The van der Waals surface area contributed by atoms with Crippen molar-refractivity contribution in [3.63, 3.8) is 0 Å². The first-order chi connectivity index (χ1) is 12.5. The van der Waals surface area contributed by atoms with Crippen molar-refractivity contribution in [1.82, 2.24) is 15.1 Å². The molecular weight excluding hydrogens is 354 g/mol. The minimum absolute atomic E-state index is 0.196. The Labute approximate surface area is 157 Å². The molecule has 1 aliphatic rings. The quantitative estimate of drug-likeness (QED) is 0.787. The van der Waals surface area contributed by atoms with E-state index in [1.54, 1.807) is 23.9 Å². The fourth-order valence-corrected chi connectivity index (χ4v) is 3.22. The van der Waals surface area contributed by atoms with E-state index in [1.807, 2.05) is 18.2 Å². The van der Waals surface area contributed by atoms with Gasteiger partial charge in [-0.3, -0.25) is 9.48 Å². The van der Waals surface area contributed by atoms with E-state index >= 15 is 0 Å². The number of nitrogens with zero attached hydrogens (tertiary/aromatic N) is 2. The first-order valence-electron chi connectivity index (χ1n) is 8.80. The third-order valence-electron chi connectivity index (χ3n) is 4.51. The second-order valence-electron chi connectivity index (χ2n) is 6.56. The highest BCUT2D eigenvalue weighted by atomic mass is 35.5. The highest BCUT2D eigenvalue weighted by Gasteiger charge is 2.24. The molecular formula is C19H22ClN3O3. The molecule has 2 aromatic rings. The van der Waals surface area contributed by atoms with Gasteiger partial charge in [0.15, 0.2) is 6.10 Å². The monoisotopic (exact) mass is 375 g/mol. The van der Waals surface area contributed by atoms with E-state index in [0.717, 1.165) is 31.2 Å². The summed E-state index contributed by atoms with van der Waals surface area (Å²) in [6.45, 7) is 2.03. The van der Waals surface area contributed by atoms with E-state index in [9.17, 15) is 9.59 Å². The number of nitrogens with one attached hydrogen (secondary N) is 1. The molecule has 7 heteroatoms. The van der Waals surface area contributed by atoms with Crippen molar-refractivity contribution in [2.75, 3.05) is 0 Å². The summed E-state index contributed by atoms with van der Waals surface area (Å²) in [7, 11) is 0. The van der Waals surface area contributed by atoms with Crippen molar-refractivity contribution in [3.8, 4) is 0 Å². The maximum atomic E-state index is 12.2. The molecule has 0 bridgehead atoms. The van der Waals surface area contributed by atoms with Gasteiger partial charge in [-0.25, -0.2) is 4.79 Å². The zero-order chi connectivity index (χ0) is 18.5. The van der Waals surface area contributed by atoms with Crippen LogP contribution in [0.5, 0.6) is 0 Å². The molecule has 0 spiro atoms. The Hall–Kier alpha value is -2.34. The molecule has 1 saturated carbocycles. The Morgan fingerprint density at radius 2 is 2.08 bits per heavy atom. The molecule has 1 N–H and O–H groups in total. The Kier molecular flexibility index (Phi) is 5.93. The van der Waals surface area contributed by atoms with Crippen molar-refractivity contribution in [2.24, 2.45) is 0 Å². The molecule has 1 aromatic heterocycles. The SMILES string of the molecule is CC(OC(=O)c1cnn(Cc2ccccc2Cl)c1)C(=O)NC1CCCC1. The lowest BCUT2D eigenvalue weighted by molar-refractivity contribution is -0.129.